The first-order chi connectivity index (χ1) is 11.4. The third-order valence-electron chi connectivity index (χ3n) is 3.60. The zero-order valence-electron chi connectivity index (χ0n) is 12.9. The summed E-state index contributed by atoms with van der Waals surface area (Å²) in [5.74, 6) is 0.378. The number of nitrogens with two attached hydrogens (primary N) is 1. The van der Waals surface area contributed by atoms with Gasteiger partial charge in [-0.3, -0.25) is 4.99 Å². The van der Waals surface area contributed by atoms with E-state index in [1.165, 1.54) is 12.1 Å². The molecule has 120 valence electrons. The maximum atomic E-state index is 11.6. The van der Waals surface area contributed by atoms with Gasteiger partial charge in [-0.1, -0.05) is 12.1 Å². The predicted molar refractivity (Wildman–Crippen MR) is 92.5 cm³/mol. The summed E-state index contributed by atoms with van der Waals surface area (Å²) in [6.45, 7) is 0.236. The van der Waals surface area contributed by atoms with Gasteiger partial charge in [-0.15, -0.1) is 0 Å². The molecule has 0 atom stereocenters. The molecule has 2 aromatic carbocycles. The third kappa shape index (κ3) is 3.05. The van der Waals surface area contributed by atoms with Gasteiger partial charge in [-0.2, -0.15) is 5.26 Å². The number of nitriles is 1. The zero-order valence-corrected chi connectivity index (χ0v) is 13.7. The fourth-order valence-corrected chi connectivity index (χ4v) is 3.07. The SMILES string of the molecule is CS(=O)(=O)c1ccc(C2=NCC(N)=Nc3ccc(C#N)cc32)cc1. The van der Waals surface area contributed by atoms with Crippen LogP contribution >= 0.6 is 0 Å². The van der Waals surface area contributed by atoms with Crippen molar-refractivity contribution in [3.05, 3.63) is 59.2 Å². The van der Waals surface area contributed by atoms with Crippen molar-refractivity contribution in [3.8, 4) is 6.07 Å². The van der Waals surface area contributed by atoms with Crippen molar-refractivity contribution in [1.29, 1.82) is 5.26 Å². The molecule has 0 saturated carbocycles. The number of hydrogen-bond acceptors (Lipinski definition) is 6. The summed E-state index contributed by atoms with van der Waals surface area (Å²) < 4.78 is 23.2. The molecule has 1 aliphatic heterocycles. The van der Waals surface area contributed by atoms with E-state index >= 15 is 0 Å². The fourth-order valence-electron chi connectivity index (χ4n) is 2.43. The number of fused-ring (bicyclic) bond motifs is 1. The van der Waals surface area contributed by atoms with Crippen LogP contribution in [0.25, 0.3) is 0 Å². The first-order valence-electron chi connectivity index (χ1n) is 7.11. The Morgan fingerprint density at radius 3 is 2.50 bits per heavy atom. The first kappa shape index (κ1) is 15.9. The van der Waals surface area contributed by atoms with Crippen LogP contribution in [0.5, 0.6) is 0 Å². The molecule has 6 nitrogen and oxygen atoms in total. The van der Waals surface area contributed by atoms with Crippen LogP contribution in [0, 0.1) is 11.3 Å². The minimum absolute atomic E-state index is 0.236. The van der Waals surface area contributed by atoms with E-state index in [2.05, 4.69) is 16.1 Å². The maximum absolute atomic E-state index is 11.6. The largest absolute Gasteiger partial charge is 0.386 e. The van der Waals surface area contributed by atoms with Crippen LogP contribution in [0.15, 0.2) is 57.3 Å². The van der Waals surface area contributed by atoms with Gasteiger partial charge in [0, 0.05) is 17.4 Å². The quantitative estimate of drug-likeness (QED) is 0.900. The molecule has 1 aliphatic rings. The number of benzene rings is 2. The summed E-state index contributed by atoms with van der Waals surface area (Å²) in [6, 6.07) is 13.7. The second kappa shape index (κ2) is 5.91. The molecule has 0 aromatic heterocycles. The molecule has 0 amide bonds. The lowest BCUT2D eigenvalue weighted by Crippen LogP contribution is -2.14. The van der Waals surface area contributed by atoms with Crippen molar-refractivity contribution >= 4 is 27.1 Å². The smallest absolute Gasteiger partial charge is 0.175 e. The highest BCUT2D eigenvalue weighted by atomic mass is 32.2. The van der Waals surface area contributed by atoms with E-state index in [9.17, 15) is 8.42 Å². The van der Waals surface area contributed by atoms with Gasteiger partial charge in [0.1, 0.15) is 5.84 Å². The molecule has 0 radical (unpaired) electrons. The summed E-state index contributed by atoms with van der Waals surface area (Å²) in [6.07, 6.45) is 1.16. The number of nitrogens with zero attached hydrogens (tertiary/aromatic N) is 3. The van der Waals surface area contributed by atoms with Crippen LogP contribution in [0.3, 0.4) is 0 Å². The highest BCUT2D eigenvalue weighted by molar-refractivity contribution is 7.90. The Balaban J connectivity index is 2.15. The lowest BCUT2D eigenvalue weighted by atomic mass is 9.99. The Kier molecular flexibility index (Phi) is 3.91. The summed E-state index contributed by atoms with van der Waals surface area (Å²) in [7, 11) is -3.26. The van der Waals surface area contributed by atoms with Gasteiger partial charge in [-0.05, 0) is 30.3 Å². The monoisotopic (exact) mass is 338 g/mol. The van der Waals surface area contributed by atoms with Gasteiger partial charge in [-0.25, -0.2) is 13.4 Å². The number of amidine groups is 1. The number of sulfone groups is 1. The fraction of sp³-hybridized carbons (Fsp3) is 0.118. The molecule has 0 unspecified atom stereocenters. The molecule has 24 heavy (non-hydrogen) atoms. The molecular formula is C17H14N4O2S. The van der Waals surface area contributed by atoms with Crippen molar-refractivity contribution in [2.24, 2.45) is 15.7 Å². The van der Waals surface area contributed by atoms with E-state index in [0.29, 0.717) is 28.4 Å². The van der Waals surface area contributed by atoms with Gasteiger partial charge in [0.15, 0.2) is 9.84 Å². The molecule has 0 fully saturated rings. The van der Waals surface area contributed by atoms with Crippen LogP contribution in [-0.4, -0.2) is 32.8 Å². The first-order valence-corrected chi connectivity index (χ1v) is 9.00. The van der Waals surface area contributed by atoms with E-state index in [4.69, 9.17) is 11.0 Å². The van der Waals surface area contributed by atoms with Gasteiger partial charge in [0.2, 0.25) is 0 Å². The maximum Gasteiger partial charge on any atom is 0.175 e. The van der Waals surface area contributed by atoms with Gasteiger partial charge >= 0.3 is 0 Å². The molecule has 1 heterocycles. The number of rotatable bonds is 2. The summed E-state index contributed by atoms with van der Waals surface area (Å²) >= 11 is 0. The standard InChI is InChI=1S/C17H14N4O2S/c1-24(22,23)13-5-3-12(4-6-13)17-14-8-11(9-18)2-7-15(14)21-16(19)10-20-17/h2-8H,10H2,1H3,(H2,19,21). The second-order valence-corrected chi connectivity index (χ2v) is 7.42. The number of aliphatic imine (C=N–C) groups is 2. The highest BCUT2D eigenvalue weighted by Gasteiger charge is 2.17. The normalized spacial score (nSPS) is 14.0. The van der Waals surface area contributed by atoms with Crippen LogP contribution < -0.4 is 5.73 Å². The minimum atomic E-state index is -3.26. The molecule has 7 heteroatoms. The molecule has 0 bridgehead atoms. The van der Waals surface area contributed by atoms with Gasteiger partial charge in [0.25, 0.3) is 0 Å². The average Bonchev–Trinajstić information content (AvgIpc) is 2.71. The lowest BCUT2D eigenvalue weighted by Gasteiger charge is -2.09. The van der Waals surface area contributed by atoms with Gasteiger partial charge < -0.3 is 5.73 Å². The molecule has 2 N–H and O–H groups in total. The Labute approximate surface area is 139 Å². The Morgan fingerprint density at radius 2 is 1.88 bits per heavy atom. The minimum Gasteiger partial charge on any atom is -0.386 e. The van der Waals surface area contributed by atoms with E-state index in [1.807, 2.05) is 0 Å². The van der Waals surface area contributed by atoms with E-state index in [-0.39, 0.29) is 11.4 Å². The highest BCUT2D eigenvalue weighted by Crippen LogP contribution is 2.26. The summed E-state index contributed by atoms with van der Waals surface area (Å²) in [5.41, 5.74) is 9.03. The summed E-state index contributed by atoms with van der Waals surface area (Å²) in [4.78, 5) is 9.05. The van der Waals surface area contributed by atoms with Crippen molar-refractivity contribution < 1.29 is 8.42 Å². The molecule has 2 aromatic rings. The molecule has 0 saturated heterocycles. The average molecular weight is 338 g/mol. The van der Waals surface area contributed by atoms with Crippen LogP contribution in [-0.2, 0) is 9.84 Å². The van der Waals surface area contributed by atoms with Crippen molar-refractivity contribution in [1.82, 2.24) is 0 Å². The van der Waals surface area contributed by atoms with Crippen LogP contribution in [0.2, 0.25) is 0 Å². The third-order valence-corrected chi connectivity index (χ3v) is 4.73. The van der Waals surface area contributed by atoms with Crippen molar-refractivity contribution in [3.63, 3.8) is 0 Å². The van der Waals surface area contributed by atoms with Crippen LogP contribution in [0.4, 0.5) is 5.69 Å². The lowest BCUT2D eigenvalue weighted by molar-refractivity contribution is 0.602. The molecule has 3 rings (SSSR count). The number of hydrogen-bond donors (Lipinski definition) is 1. The topological polar surface area (TPSA) is 109 Å². The zero-order chi connectivity index (χ0) is 17.3. The van der Waals surface area contributed by atoms with Crippen LogP contribution in [0.1, 0.15) is 16.7 Å². The van der Waals surface area contributed by atoms with Gasteiger partial charge in [0.05, 0.1) is 34.5 Å². The van der Waals surface area contributed by atoms with E-state index in [0.717, 1.165) is 11.8 Å². The second-order valence-electron chi connectivity index (χ2n) is 5.41. The Bertz CT molecular complexity index is 1010. The molecule has 0 spiro atoms. The Hall–Kier alpha value is -2.98. The van der Waals surface area contributed by atoms with E-state index in [1.54, 1.807) is 30.3 Å². The molecule has 0 aliphatic carbocycles. The van der Waals surface area contributed by atoms with Crippen molar-refractivity contribution in [2.75, 3.05) is 12.8 Å². The van der Waals surface area contributed by atoms with Crippen molar-refractivity contribution in [2.45, 2.75) is 4.90 Å². The predicted octanol–water partition coefficient (Wildman–Crippen LogP) is 1.80. The Morgan fingerprint density at radius 1 is 1.17 bits per heavy atom. The summed E-state index contributed by atoms with van der Waals surface area (Å²) in [5, 5.41) is 9.13. The van der Waals surface area contributed by atoms with E-state index < -0.39 is 9.84 Å². The molecular weight excluding hydrogens is 324 g/mol.